The number of H-pyrrole nitrogens is 1. The molecule has 2 N–H and O–H groups in total. The molecular weight excluding hydrogens is 370 g/mol. The van der Waals surface area contributed by atoms with Gasteiger partial charge in [-0.05, 0) is 56.0 Å². The lowest BCUT2D eigenvalue weighted by atomic mass is 10.0. The minimum Gasteiger partial charge on any atom is -0.320 e. The Kier molecular flexibility index (Phi) is 4.57. The molecule has 0 aliphatic carbocycles. The molecule has 0 aliphatic heterocycles. The summed E-state index contributed by atoms with van der Waals surface area (Å²) in [7, 11) is 0. The Morgan fingerprint density at radius 2 is 1.86 bits per heavy atom. The summed E-state index contributed by atoms with van der Waals surface area (Å²) in [5, 5.41) is 11.7. The van der Waals surface area contributed by atoms with Gasteiger partial charge >= 0.3 is 0 Å². The van der Waals surface area contributed by atoms with Crippen LogP contribution in [-0.4, -0.2) is 16.1 Å². The third kappa shape index (κ3) is 3.34. The number of anilines is 1. The number of aromatic amines is 1. The second-order valence-electron chi connectivity index (χ2n) is 6.88. The van der Waals surface area contributed by atoms with Crippen molar-refractivity contribution in [2.75, 3.05) is 5.32 Å². The fraction of sp³-hybridized carbons (Fsp3) is 0.136. The van der Waals surface area contributed by atoms with Crippen LogP contribution < -0.4 is 10.1 Å². The molecule has 0 aliphatic rings. The van der Waals surface area contributed by atoms with Crippen LogP contribution in [-0.2, 0) is 0 Å². The van der Waals surface area contributed by atoms with Gasteiger partial charge in [-0.25, -0.2) is 0 Å². The smallest absolute Gasteiger partial charge is 0.265 e. The summed E-state index contributed by atoms with van der Waals surface area (Å²) in [6, 6.07) is 15.0. The first-order chi connectivity index (χ1) is 13.4. The highest BCUT2D eigenvalue weighted by Crippen LogP contribution is 2.32. The van der Waals surface area contributed by atoms with E-state index >= 15 is 0 Å². The van der Waals surface area contributed by atoms with Crippen molar-refractivity contribution in [2.45, 2.75) is 20.8 Å². The van der Waals surface area contributed by atoms with Crippen molar-refractivity contribution >= 4 is 33.7 Å². The van der Waals surface area contributed by atoms with E-state index in [1.54, 1.807) is 12.1 Å². The normalized spacial score (nSPS) is 11.0. The lowest BCUT2D eigenvalue weighted by Crippen LogP contribution is -2.14. The van der Waals surface area contributed by atoms with Crippen molar-refractivity contribution in [2.24, 2.45) is 0 Å². The number of carbonyl (C=O) groups excluding carboxylic acids is 1. The summed E-state index contributed by atoms with van der Waals surface area (Å²) < 4.78 is -0.118. The molecule has 1 amide bonds. The quantitative estimate of drug-likeness (QED) is 0.527. The van der Waals surface area contributed by atoms with Gasteiger partial charge in [0.25, 0.3) is 5.91 Å². The first kappa shape index (κ1) is 18.1. The van der Waals surface area contributed by atoms with Gasteiger partial charge in [0.05, 0.1) is 16.3 Å². The molecule has 28 heavy (non-hydrogen) atoms. The zero-order chi connectivity index (χ0) is 19.8. The minimum atomic E-state index is -0.298. The zero-order valence-electron chi connectivity index (χ0n) is 15.8. The lowest BCUT2D eigenvalue weighted by Gasteiger charge is -2.14. The van der Waals surface area contributed by atoms with Gasteiger partial charge in [0.15, 0.2) is 0 Å². The Morgan fingerprint density at radius 1 is 1.07 bits per heavy atom. The average molecular weight is 389 g/mol. The van der Waals surface area contributed by atoms with Crippen molar-refractivity contribution in [1.29, 1.82) is 0 Å². The molecule has 2 aromatic heterocycles. The number of nitrogens with one attached hydrogen (secondary N) is 2. The molecular formula is C22H19N3O2S. The predicted molar refractivity (Wildman–Crippen MR) is 114 cm³/mol. The third-order valence-corrected chi connectivity index (χ3v) is 5.52. The molecule has 0 spiro atoms. The summed E-state index contributed by atoms with van der Waals surface area (Å²) in [5.74, 6) is -0.298. The van der Waals surface area contributed by atoms with Crippen molar-refractivity contribution in [3.05, 3.63) is 79.8 Å². The monoisotopic (exact) mass is 389 g/mol. The Bertz CT molecular complexity index is 1270. The Labute approximate surface area is 166 Å². The molecule has 5 nitrogen and oxygen atoms in total. The van der Waals surface area contributed by atoms with Crippen molar-refractivity contribution in [3.63, 3.8) is 0 Å². The van der Waals surface area contributed by atoms with E-state index < -0.39 is 0 Å². The minimum absolute atomic E-state index is 0.118. The second kappa shape index (κ2) is 7.05. The Hall–Kier alpha value is -3.25. The number of benzene rings is 2. The van der Waals surface area contributed by atoms with Crippen LogP contribution in [0, 0.1) is 20.8 Å². The van der Waals surface area contributed by atoms with E-state index in [4.69, 9.17) is 0 Å². The fourth-order valence-electron chi connectivity index (χ4n) is 3.31. The number of nitrogens with zero attached hydrogens (tertiary/aromatic N) is 1. The number of aryl methyl sites for hydroxylation is 3. The van der Waals surface area contributed by atoms with E-state index in [9.17, 15) is 9.59 Å². The molecule has 0 saturated carbocycles. The van der Waals surface area contributed by atoms with Crippen molar-refractivity contribution in [1.82, 2.24) is 10.2 Å². The number of amides is 1. The summed E-state index contributed by atoms with van der Waals surface area (Å²) in [6.45, 7) is 5.90. The first-order valence-electron chi connectivity index (χ1n) is 8.90. The summed E-state index contributed by atoms with van der Waals surface area (Å²) in [5.41, 5.74) is 5.29. The first-order valence-corrected chi connectivity index (χ1v) is 9.72. The van der Waals surface area contributed by atoms with E-state index in [1.807, 2.05) is 57.2 Å². The summed E-state index contributed by atoms with van der Waals surface area (Å²) in [6.07, 6.45) is 0. The number of hydrogen-bond donors (Lipinski definition) is 2. The highest BCUT2D eigenvalue weighted by molar-refractivity contribution is 7.12. The number of fused-ring (bicyclic) bond motifs is 1. The molecule has 4 rings (SSSR count). The van der Waals surface area contributed by atoms with Gasteiger partial charge in [0.1, 0.15) is 0 Å². The Balaban J connectivity index is 1.77. The van der Waals surface area contributed by atoms with Crippen LogP contribution in [0.3, 0.4) is 0 Å². The number of hydrogen-bond acceptors (Lipinski definition) is 4. The van der Waals surface area contributed by atoms with Crippen LogP contribution >= 0.6 is 11.3 Å². The summed E-state index contributed by atoms with van der Waals surface area (Å²) >= 11 is 0.960. The average Bonchev–Trinajstić information content (AvgIpc) is 3.09. The molecule has 140 valence electrons. The van der Waals surface area contributed by atoms with Crippen molar-refractivity contribution < 1.29 is 4.79 Å². The topological polar surface area (TPSA) is 74.8 Å². The molecule has 0 unspecified atom stereocenters. The molecule has 0 atom stereocenters. The Morgan fingerprint density at radius 3 is 2.61 bits per heavy atom. The van der Waals surface area contributed by atoms with Gasteiger partial charge in [-0.3, -0.25) is 14.7 Å². The van der Waals surface area contributed by atoms with E-state index in [-0.39, 0.29) is 10.6 Å². The van der Waals surface area contributed by atoms with Gasteiger partial charge in [0, 0.05) is 16.6 Å². The molecule has 0 fully saturated rings. The maximum Gasteiger partial charge on any atom is 0.265 e. The van der Waals surface area contributed by atoms with E-state index in [0.29, 0.717) is 16.0 Å². The van der Waals surface area contributed by atoms with E-state index in [0.717, 1.165) is 44.8 Å². The summed E-state index contributed by atoms with van der Waals surface area (Å²) in [4.78, 5) is 25.7. The lowest BCUT2D eigenvalue weighted by molar-refractivity contribution is 0.103. The SMILES string of the molecule is Cc1cc(C)c(NC(=O)c2cc3ccccc3c(=O)s2)c(-c2cc(C)[nH]n2)c1. The molecule has 6 heteroatoms. The molecule has 0 saturated heterocycles. The molecule has 2 aromatic carbocycles. The van der Waals surface area contributed by atoms with Crippen LogP contribution in [0.4, 0.5) is 5.69 Å². The van der Waals surface area contributed by atoms with Gasteiger partial charge in [-0.15, -0.1) is 0 Å². The molecule has 0 radical (unpaired) electrons. The zero-order valence-corrected chi connectivity index (χ0v) is 16.6. The maximum atomic E-state index is 13.0. The van der Waals surface area contributed by atoms with Gasteiger partial charge in [0.2, 0.25) is 4.74 Å². The maximum absolute atomic E-state index is 13.0. The van der Waals surface area contributed by atoms with Gasteiger partial charge in [-0.1, -0.05) is 41.2 Å². The highest BCUT2D eigenvalue weighted by atomic mass is 32.1. The fourth-order valence-corrected chi connectivity index (χ4v) is 4.14. The van der Waals surface area contributed by atoms with Crippen LogP contribution in [0.15, 0.2) is 53.3 Å². The highest BCUT2D eigenvalue weighted by Gasteiger charge is 2.17. The van der Waals surface area contributed by atoms with E-state index in [2.05, 4.69) is 15.5 Å². The predicted octanol–water partition coefficient (Wildman–Crippen LogP) is 4.83. The number of aromatic nitrogens is 2. The van der Waals surface area contributed by atoms with Crippen molar-refractivity contribution in [3.8, 4) is 11.3 Å². The number of rotatable bonds is 3. The third-order valence-electron chi connectivity index (χ3n) is 4.59. The molecule has 2 heterocycles. The van der Waals surface area contributed by atoms with Gasteiger partial charge in [-0.2, -0.15) is 5.10 Å². The van der Waals surface area contributed by atoms with Gasteiger partial charge < -0.3 is 5.32 Å². The van der Waals surface area contributed by atoms with Crippen LogP contribution in [0.25, 0.3) is 22.0 Å². The largest absolute Gasteiger partial charge is 0.320 e. The van der Waals surface area contributed by atoms with Crippen LogP contribution in [0.1, 0.15) is 26.5 Å². The van der Waals surface area contributed by atoms with E-state index in [1.165, 1.54) is 0 Å². The standard InChI is InChI=1S/C22H19N3O2S/c1-12-8-13(2)20(17(9-12)18-10-14(3)24-25-18)23-21(26)19-11-15-6-4-5-7-16(15)22(27)28-19/h4-11H,1-3H3,(H,23,26)(H,24,25). The molecule has 4 aromatic rings. The second-order valence-corrected chi connectivity index (χ2v) is 7.89. The van der Waals surface area contributed by atoms with Crippen LogP contribution in [0.2, 0.25) is 0 Å². The van der Waals surface area contributed by atoms with Crippen LogP contribution in [0.5, 0.6) is 0 Å². The molecule has 0 bridgehead atoms. The number of carbonyl (C=O) groups is 1.